The molecule has 2 atom stereocenters. The minimum absolute atomic E-state index is 0.215. The summed E-state index contributed by atoms with van der Waals surface area (Å²) in [6.07, 6.45) is -1.18. The summed E-state index contributed by atoms with van der Waals surface area (Å²) in [4.78, 5) is 11.0. The number of amides is 1. The van der Waals surface area contributed by atoms with Crippen LogP contribution in [0.5, 0.6) is 0 Å². The molecule has 5 nitrogen and oxygen atoms in total. The van der Waals surface area contributed by atoms with Gasteiger partial charge in [-0.05, 0) is 36.6 Å². The molecule has 0 saturated heterocycles. The van der Waals surface area contributed by atoms with E-state index in [0.717, 1.165) is 5.56 Å². The van der Waals surface area contributed by atoms with Crippen LogP contribution in [-0.4, -0.2) is 41.5 Å². The third kappa shape index (κ3) is 6.52. The van der Waals surface area contributed by atoms with Crippen LogP contribution < -0.4 is 10.6 Å². The Morgan fingerprint density at radius 3 is 2.44 bits per heavy atom. The van der Waals surface area contributed by atoms with Crippen LogP contribution in [0.1, 0.15) is 11.1 Å². The zero-order valence-corrected chi connectivity index (χ0v) is 13.9. The summed E-state index contributed by atoms with van der Waals surface area (Å²) >= 11 is 0. The molecule has 0 heterocycles. The van der Waals surface area contributed by atoms with Crippen LogP contribution in [0.25, 0.3) is 0 Å². The van der Waals surface area contributed by atoms with E-state index in [0.29, 0.717) is 24.9 Å². The molecule has 0 fully saturated rings. The van der Waals surface area contributed by atoms with Crippen molar-refractivity contribution in [2.45, 2.75) is 25.0 Å². The van der Waals surface area contributed by atoms with Gasteiger partial charge in [0.2, 0.25) is 0 Å². The molecule has 6 heteroatoms. The second-order valence-electron chi connectivity index (χ2n) is 5.86. The average molecular weight is 346 g/mol. The topological polar surface area (TPSA) is 81.6 Å². The molecule has 0 bridgehead atoms. The number of hydrogen-bond donors (Lipinski definition) is 4. The van der Waals surface area contributed by atoms with Crippen molar-refractivity contribution in [2.24, 2.45) is 0 Å². The minimum atomic E-state index is -1.17. The Bertz CT molecular complexity index is 667. The second-order valence-corrected chi connectivity index (χ2v) is 5.86. The summed E-state index contributed by atoms with van der Waals surface area (Å²) in [7, 11) is 0. The summed E-state index contributed by atoms with van der Waals surface area (Å²) in [6.45, 7) is 0.704. The van der Waals surface area contributed by atoms with Crippen molar-refractivity contribution < 1.29 is 19.4 Å². The molecule has 0 radical (unpaired) electrons. The standard InChI is InChI=1S/C19H23FN2O3/c20-16-9-5-4-8-15(16)10-11-21-13-18(23)17(22-19(24)25)12-14-6-2-1-3-7-14/h1-9,17-18,21-23H,10-13H2,(H,24,25)/t17-,18+/m0/s1. The van der Waals surface area contributed by atoms with Crippen molar-refractivity contribution in [1.29, 1.82) is 0 Å². The van der Waals surface area contributed by atoms with Crippen LogP contribution in [0, 0.1) is 5.82 Å². The third-order valence-electron chi connectivity index (χ3n) is 3.95. The molecule has 0 spiro atoms. The van der Waals surface area contributed by atoms with Crippen molar-refractivity contribution in [2.75, 3.05) is 13.1 Å². The van der Waals surface area contributed by atoms with Crippen molar-refractivity contribution in [3.8, 4) is 0 Å². The molecule has 2 aromatic rings. The van der Waals surface area contributed by atoms with Gasteiger partial charge in [-0.2, -0.15) is 0 Å². The molecule has 2 aromatic carbocycles. The second kappa shape index (κ2) is 9.76. The highest BCUT2D eigenvalue weighted by atomic mass is 19.1. The van der Waals surface area contributed by atoms with E-state index in [1.807, 2.05) is 30.3 Å². The Morgan fingerprint density at radius 2 is 1.76 bits per heavy atom. The lowest BCUT2D eigenvalue weighted by molar-refractivity contribution is 0.118. The molecule has 0 unspecified atom stereocenters. The maximum absolute atomic E-state index is 13.5. The summed E-state index contributed by atoms with van der Waals surface area (Å²) in [6, 6.07) is 15.3. The van der Waals surface area contributed by atoms with E-state index in [-0.39, 0.29) is 12.4 Å². The number of halogens is 1. The predicted octanol–water partition coefficient (Wildman–Crippen LogP) is 2.20. The lowest BCUT2D eigenvalue weighted by Crippen LogP contribution is -2.48. The number of carbonyl (C=O) groups is 1. The predicted molar refractivity (Wildman–Crippen MR) is 94.1 cm³/mol. The number of benzene rings is 2. The van der Waals surface area contributed by atoms with Crippen LogP contribution in [-0.2, 0) is 12.8 Å². The summed E-state index contributed by atoms with van der Waals surface area (Å²) in [5.41, 5.74) is 1.54. The zero-order chi connectivity index (χ0) is 18.1. The van der Waals surface area contributed by atoms with E-state index < -0.39 is 18.2 Å². The van der Waals surface area contributed by atoms with Gasteiger partial charge in [0.05, 0.1) is 12.1 Å². The smallest absolute Gasteiger partial charge is 0.404 e. The van der Waals surface area contributed by atoms with E-state index in [2.05, 4.69) is 10.6 Å². The van der Waals surface area contributed by atoms with Crippen molar-refractivity contribution in [3.05, 3.63) is 71.5 Å². The Hall–Kier alpha value is -2.44. The van der Waals surface area contributed by atoms with Crippen LogP contribution in [0.2, 0.25) is 0 Å². The van der Waals surface area contributed by atoms with Gasteiger partial charge in [-0.3, -0.25) is 0 Å². The van der Waals surface area contributed by atoms with Crippen molar-refractivity contribution in [3.63, 3.8) is 0 Å². The van der Waals surface area contributed by atoms with E-state index >= 15 is 0 Å². The molecule has 1 amide bonds. The maximum atomic E-state index is 13.5. The highest BCUT2D eigenvalue weighted by molar-refractivity contribution is 5.65. The quantitative estimate of drug-likeness (QED) is 0.525. The van der Waals surface area contributed by atoms with E-state index in [9.17, 15) is 14.3 Å². The first-order chi connectivity index (χ1) is 12.1. The third-order valence-corrected chi connectivity index (χ3v) is 3.95. The number of aliphatic hydroxyl groups excluding tert-OH is 1. The molecule has 0 aliphatic heterocycles. The first-order valence-electron chi connectivity index (χ1n) is 8.22. The Balaban J connectivity index is 1.83. The van der Waals surface area contributed by atoms with Crippen molar-refractivity contribution >= 4 is 6.09 Å². The SMILES string of the molecule is O=C(O)N[C@@H](Cc1ccccc1)[C@H](O)CNCCc1ccccc1F. The van der Waals surface area contributed by atoms with Gasteiger partial charge in [-0.15, -0.1) is 0 Å². The van der Waals surface area contributed by atoms with Gasteiger partial charge >= 0.3 is 6.09 Å². The first kappa shape index (κ1) is 18.9. The normalized spacial score (nSPS) is 13.2. The Kier molecular flexibility index (Phi) is 7.37. The minimum Gasteiger partial charge on any atom is -0.465 e. The lowest BCUT2D eigenvalue weighted by atomic mass is 10.0. The van der Waals surface area contributed by atoms with Gasteiger partial charge in [-0.1, -0.05) is 48.5 Å². The molecule has 25 heavy (non-hydrogen) atoms. The van der Waals surface area contributed by atoms with Gasteiger partial charge in [0, 0.05) is 6.54 Å². The maximum Gasteiger partial charge on any atom is 0.404 e. The number of nitrogens with one attached hydrogen (secondary N) is 2. The van der Waals surface area contributed by atoms with Gasteiger partial charge < -0.3 is 20.8 Å². The van der Waals surface area contributed by atoms with Crippen LogP contribution >= 0.6 is 0 Å². The molecule has 0 aliphatic rings. The van der Waals surface area contributed by atoms with Gasteiger partial charge in [0.25, 0.3) is 0 Å². The fourth-order valence-electron chi connectivity index (χ4n) is 2.63. The Labute approximate surface area is 146 Å². The fourth-order valence-corrected chi connectivity index (χ4v) is 2.63. The Morgan fingerprint density at radius 1 is 1.08 bits per heavy atom. The van der Waals surface area contributed by atoms with Crippen LogP contribution in [0.4, 0.5) is 9.18 Å². The van der Waals surface area contributed by atoms with E-state index in [1.54, 1.807) is 18.2 Å². The number of carboxylic acid groups (broad SMARTS) is 1. The summed E-state index contributed by atoms with van der Waals surface area (Å²) < 4.78 is 13.5. The molecule has 0 saturated carbocycles. The number of rotatable bonds is 9. The number of hydrogen-bond acceptors (Lipinski definition) is 3. The van der Waals surface area contributed by atoms with Gasteiger partial charge in [0.15, 0.2) is 0 Å². The molecule has 134 valence electrons. The molecule has 4 N–H and O–H groups in total. The average Bonchev–Trinajstić information content (AvgIpc) is 2.60. The number of aliphatic hydroxyl groups is 1. The van der Waals surface area contributed by atoms with Crippen LogP contribution in [0.15, 0.2) is 54.6 Å². The molecule has 2 rings (SSSR count). The first-order valence-corrected chi connectivity index (χ1v) is 8.22. The fraction of sp³-hybridized carbons (Fsp3) is 0.316. The highest BCUT2D eigenvalue weighted by Crippen LogP contribution is 2.08. The molecule has 0 aliphatic carbocycles. The highest BCUT2D eigenvalue weighted by Gasteiger charge is 2.21. The molecule has 0 aromatic heterocycles. The molecular formula is C19H23FN2O3. The van der Waals surface area contributed by atoms with Gasteiger partial charge in [0.1, 0.15) is 5.82 Å². The zero-order valence-electron chi connectivity index (χ0n) is 13.9. The van der Waals surface area contributed by atoms with Crippen LogP contribution in [0.3, 0.4) is 0 Å². The van der Waals surface area contributed by atoms with Gasteiger partial charge in [-0.25, -0.2) is 9.18 Å². The van der Waals surface area contributed by atoms with E-state index in [4.69, 9.17) is 5.11 Å². The summed E-state index contributed by atoms with van der Waals surface area (Å²) in [5, 5.41) is 24.7. The summed E-state index contributed by atoms with van der Waals surface area (Å²) in [5.74, 6) is -0.251. The largest absolute Gasteiger partial charge is 0.465 e. The monoisotopic (exact) mass is 346 g/mol. The molecular weight excluding hydrogens is 323 g/mol. The van der Waals surface area contributed by atoms with E-state index in [1.165, 1.54) is 6.07 Å². The van der Waals surface area contributed by atoms with Crippen molar-refractivity contribution in [1.82, 2.24) is 10.6 Å². The lowest BCUT2D eigenvalue weighted by Gasteiger charge is -2.23.